The molecule has 2 aliphatic heterocycles. The van der Waals surface area contributed by atoms with E-state index < -0.39 is 5.97 Å². The fourth-order valence-corrected chi connectivity index (χ4v) is 3.54. The van der Waals surface area contributed by atoms with Gasteiger partial charge in [0.25, 0.3) is 0 Å². The summed E-state index contributed by atoms with van der Waals surface area (Å²) < 4.78 is 5.94. The van der Waals surface area contributed by atoms with Crippen LogP contribution in [0.25, 0.3) is 0 Å². The van der Waals surface area contributed by atoms with Gasteiger partial charge in [-0.25, -0.2) is 0 Å². The summed E-state index contributed by atoms with van der Waals surface area (Å²) in [4.78, 5) is 13.1. The molecule has 1 fully saturated rings. The lowest BCUT2D eigenvalue weighted by Gasteiger charge is -2.33. The first-order valence-electron chi connectivity index (χ1n) is 9.00. The van der Waals surface area contributed by atoms with Gasteiger partial charge in [0.05, 0.1) is 12.3 Å². The summed E-state index contributed by atoms with van der Waals surface area (Å²) in [5, 5.41) is 8.86. The number of carboxylic acid groups (broad SMARTS) is 1. The van der Waals surface area contributed by atoms with E-state index in [1.54, 1.807) is 0 Å². The number of nitrogens with zero attached hydrogens (tertiary/aromatic N) is 1. The van der Waals surface area contributed by atoms with Crippen LogP contribution in [0.1, 0.15) is 42.4 Å². The second kappa shape index (κ2) is 6.86. The normalized spacial score (nSPS) is 20.1. The van der Waals surface area contributed by atoms with E-state index in [4.69, 9.17) is 9.84 Å². The molecule has 0 spiro atoms. The number of ether oxygens (including phenoxy) is 1. The minimum atomic E-state index is -0.739. The van der Waals surface area contributed by atoms with Crippen LogP contribution in [-0.2, 0) is 16.1 Å². The number of hydrogen-bond acceptors (Lipinski definition) is 3. The molecule has 4 nitrogen and oxygen atoms in total. The number of rotatable bonds is 6. The molecule has 2 aliphatic rings. The first-order chi connectivity index (χ1) is 12.7. The maximum absolute atomic E-state index is 10.8. The number of unbranched alkanes of at least 4 members (excludes halogenated alkanes) is 1. The molecule has 1 saturated heterocycles. The van der Waals surface area contributed by atoms with Gasteiger partial charge in [0.15, 0.2) is 5.72 Å². The molecular weight excluding hydrogens is 326 g/mol. The predicted octanol–water partition coefficient (Wildman–Crippen LogP) is 3.78. The summed E-state index contributed by atoms with van der Waals surface area (Å²) in [6, 6.07) is 16.4. The summed E-state index contributed by atoms with van der Waals surface area (Å²) in [6.45, 7) is 1.41. The predicted molar refractivity (Wildman–Crippen MR) is 99.8 cm³/mol. The molecule has 1 unspecified atom stereocenters. The molecule has 0 amide bonds. The first kappa shape index (κ1) is 16.7. The van der Waals surface area contributed by atoms with Gasteiger partial charge in [-0.05, 0) is 43.0 Å². The van der Waals surface area contributed by atoms with E-state index >= 15 is 0 Å². The Balaban J connectivity index is 1.65. The lowest BCUT2D eigenvalue weighted by molar-refractivity contribution is -0.137. The molecule has 1 N–H and O–H groups in total. The summed E-state index contributed by atoms with van der Waals surface area (Å²) in [7, 11) is 0. The molecule has 2 heterocycles. The zero-order chi connectivity index (χ0) is 18.0. The topological polar surface area (TPSA) is 53.1 Å². The Morgan fingerprint density at radius 3 is 2.54 bits per heavy atom. The fraction of sp³-hybridized carbons (Fsp3) is 0.318. The average Bonchev–Trinajstić information content (AvgIpc) is 3.41. The highest BCUT2D eigenvalue weighted by Gasteiger charge is 2.50. The Bertz CT molecular complexity index is 890. The van der Waals surface area contributed by atoms with Gasteiger partial charge in [0.2, 0.25) is 0 Å². The summed E-state index contributed by atoms with van der Waals surface area (Å²) >= 11 is 0. The van der Waals surface area contributed by atoms with Gasteiger partial charge in [0, 0.05) is 24.1 Å². The highest BCUT2D eigenvalue weighted by Crippen LogP contribution is 2.42. The van der Waals surface area contributed by atoms with Crippen LogP contribution in [-0.4, -0.2) is 23.4 Å². The number of fused-ring (bicyclic) bond motifs is 2. The Morgan fingerprint density at radius 2 is 1.77 bits per heavy atom. The van der Waals surface area contributed by atoms with Gasteiger partial charge in [0.1, 0.15) is 0 Å². The maximum Gasteiger partial charge on any atom is 0.303 e. The number of carboxylic acids is 1. The summed E-state index contributed by atoms with van der Waals surface area (Å²) in [6.07, 6.45) is 2.54. The van der Waals surface area contributed by atoms with Crippen LogP contribution in [0.15, 0.2) is 48.5 Å². The lowest BCUT2D eigenvalue weighted by Crippen LogP contribution is -2.39. The van der Waals surface area contributed by atoms with E-state index in [1.807, 2.05) is 30.3 Å². The van der Waals surface area contributed by atoms with Crippen molar-refractivity contribution >= 4 is 11.7 Å². The molecule has 0 aliphatic carbocycles. The van der Waals surface area contributed by atoms with E-state index in [9.17, 15) is 4.79 Å². The van der Waals surface area contributed by atoms with Gasteiger partial charge in [-0.1, -0.05) is 42.2 Å². The molecule has 4 heteroatoms. The SMILES string of the molecule is O=C(O)CCCCC1(N2Cc3ccccc3C#Cc3ccccc32)CO1. The van der Waals surface area contributed by atoms with Gasteiger partial charge < -0.3 is 14.7 Å². The Hall–Kier alpha value is -2.77. The van der Waals surface area contributed by atoms with Crippen LogP contribution < -0.4 is 4.90 Å². The van der Waals surface area contributed by atoms with Gasteiger partial charge in [-0.3, -0.25) is 4.79 Å². The van der Waals surface area contributed by atoms with Crippen molar-refractivity contribution < 1.29 is 14.6 Å². The number of carbonyl (C=O) groups is 1. The largest absolute Gasteiger partial charge is 0.481 e. The third-order valence-electron chi connectivity index (χ3n) is 5.05. The van der Waals surface area contributed by atoms with Crippen molar-refractivity contribution in [2.45, 2.75) is 38.0 Å². The Kier molecular flexibility index (Phi) is 4.40. The first-order valence-corrected chi connectivity index (χ1v) is 9.00. The molecule has 0 radical (unpaired) electrons. The lowest BCUT2D eigenvalue weighted by atomic mass is 9.99. The molecule has 2 aromatic rings. The van der Waals surface area contributed by atoms with Crippen LogP contribution >= 0.6 is 0 Å². The zero-order valence-corrected chi connectivity index (χ0v) is 14.6. The zero-order valence-electron chi connectivity index (χ0n) is 14.6. The fourth-order valence-electron chi connectivity index (χ4n) is 3.54. The number of benzene rings is 2. The van der Waals surface area contributed by atoms with Gasteiger partial charge in [-0.15, -0.1) is 0 Å². The van der Waals surface area contributed by atoms with Crippen molar-refractivity contribution in [1.82, 2.24) is 0 Å². The van der Waals surface area contributed by atoms with Crippen LogP contribution in [0.3, 0.4) is 0 Å². The minimum Gasteiger partial charge on any atom is -0.481 e. The van der Waals surface area contributed by atoms with Crippen LogP contribution in [0.2, 0.25) is 0 Å². The molecule has 132 valence electrons. The summed E-state index contributed by atoms with van der Waals surface area (Å²) in [5.41, 5.74) is 3.98. The second-order valence-corrected chi connectivity index (χ2v) is 6.85. The van der Waals surface area contributed by atoms with Crippen molar-refractivity contribution in [3.63, 3.8) is 0 Å². The quantitative estimate of drug-likeness (QED) is 0.491. The molecule has 26 heavy (non-hydrogen) atoms. The smallest absolute Gasteiger partial charge is 0.303 e. The Labute approximate surface area is 153 Å². The molecule has 0 saturated carbocycles. The number of aliphatic carboxylic acids is 1. The highest BCUT2D eigenvalue weighted by atomic mass is 16.6. The molecule has 2 aromatic carbocycles. The van der Waals surface area contributed by atoms with E-state index in [2.05, 4.69) is 34.9 Å². The molecule has 0 aromatic heterocycles. The maximum atomic E-state index is 10.8. The van der Waals surface area contributed by atoms with Crippen LogP contribution in [0.5, 0.6) is 0 Å². The Morgan fingerprint density at radius 1 is 1.08 bits per heavy atom. The molecule has 0 bridgehead atoms. The molecule has 1 atom stereocenters. The van der Waals surface area contributed by atoms with Crippen molar-refractivity contribution in [3.05, 3.63) is 65.2 Å². The van der Waals surface area contributed by atoms with E-state index in [0.717, 1.165) is 36.2 Å². The van der Waals surface area contributed by atoms with Crippen molar-refractivity contribution in [1.29, 1.82) is 0 Å². The van der Waals surface area contributed by atoms with Crippen LogP contribution in [0, 0.1) is 11.8 Å². The summed E-state index contributed by atoms with van der Waals surface area (Å²) in [5.74, 6) is 5.86. The van der Waals surface area contributed by atoms with Crippen LogP contribution in [0.4, 0.5) is 5.69 Å². The highest BCUT2D eigenvalue weighted by molar-refractivity contribution is 5.67. The van der Waals surface area contributed by atoms with Gasteiger partial charge in [-0.2, -0.15) is 0 Å². The standard InChI is InChI=1S/C22H21NO3/c24-21(25)11-5-6-14-22(16-26-22)23-15-19-9-2-1-7-17(19)12-13-18-8-3-4-10-20(18)23/h1-4,7-10H,5-6,11,14-16H2,(H,24,25). The minimum absolute atomic E-state index is 0.209. The second-order valence-electron chi connectivity index (χ2n) is 6.85. The van der Waals surface area contributed by atoms with E-state index in [-0.39, 0.29) is 12.1 Å². The van der Waals surface area contributed by atoms with E-state index in [0.29, 0.717) is 13.0 Å². The van der Waals surface area contributed by atoms with Crippen molar-refractivity contribution in [3.8, 4) is 11.8 Å². The monoisotopic (exact) mass is 347 g/mol. The van der Waals surface area contributed by atoms with Gasteiger partial charge >= 0.3 is 5.97 Å². The van der Waals surface area contributed by atoms with E-state index in [1.165, 1.54) is 5.56 Å². The number of anilines is 1. The molecular formula is C22H21NO3. The number of epoxide rings is 1. The third kappa shape index (κ3) is 3.31. The number of hydrogen-bond donors (Lipinski definition) is 1. The average molecular weight is 347 g/mol. The van der Waals surface area contributed by atoms with Crippen molar-refractivity contribution in [2.75, 3.05) is 11.5 Å². The third-order valence-corrected chi connectivity index (χ3v) is 5.05. The number of para-hydroxylation sites is 1. The van der Waals surface area contributed by atoms with Crippen molar-refractivity contribution in [2.24, 2.45) is 0 Å². The molecule has 4 rings (SSSR count).